The molecule has 0 aliphatic heterocycles. The van der Waals surface area contributed by atoms with Gasteiger partial charge in [0.25, 0.3) is 0 Å². The number of furan rings is 1. The van der Waals surface area contributed by atoms with Gasteiger partial charge in [0, 0.05) is 0 Å². The van der Waals surface area contributed by atoms with Gasteiger partial charge in [-0.05, 0) is 36.1 Å². The minimum absolute atomic E-state index is 0.105. The third-order valence-electron chi connectivity index (χ3n) is 3.57. The van der Waals surface area contributed by atoms with E-state index in [0.717, 1.165) is 12.0 Å². The van der Waals surface area contributed by atoms with Crippen LogP contribution in [0.3, 0.4) is 0 Å². The predicted molar refractivity (Wildman–Crippen MR) is 85.4 cm³/mol. The Morgan fingerprint density at radius 1 is 1.23 bits per heavy atom. The van der Waals surface area contributed by atoms with Gasteiger partial charge < -0.3 is 14.8 Å². The SMILES string of the molecule is CCCCc1ccc(CC(=O)NCC(O)c2ccco2)cc1. The number of carbonyl (C=O) groups is 1. The van der Waals surface area contributed by atoms with Crippen molar-refractivity contribution in [1.82, 2.24) is 5.32 Å². The Labute approximate surface area is 131 Å². The molecule has 22 heavy (non-hydrogen) atoms. The Bertz CT molecular complexity index is 561. The van der Waals surface area contributed by atoms with E-state index in [2.05, 4.69) is 24.4 Å². The van der Waals surface area contributed by atoms with E-state index >= 15 is 0 Å². The summed E-state index contributed by atoms with van der Waals surface area (Å²) >= 11 is 0. The van der Waals surface area contributed by atoms with Crippen LogP contribution >= 0.6 is 0 Å². The zero-order chi connectivity index (χ0) is 15.8. The summed E-state index contributed by atoms with van der Waals surface area (Å²) in [5.74, 6) is 0.354. The first-order valence-electron chi connectivity index (χ1n) is 7.75. The molecular formula is C18H23NO3. The highest BCUT2D eigenvalue weighted by Crippen LogP contribution is 2.12. The third kappa shape index (κ3) is 5.04. The Morgan fingerprint density at radius 3 is 2.59 bits per heavy atom. The van der Waals surface area contributed by atoms with Gasteiger partial charge in [0.1, 0.15) is 11.9 Å². The number of aryl methyl sites for hydroxylation is 1. The van der Waals surface area contributed by atoms with Crippen LogP contribution in [-0.4, -0.2) is 17.6 Å². The van der Waals surface area contributed by atoms with Crippen molar-refractivity contribution in [3.63, 3.8) is 0 Å². The number of unbranched alkanes of at least 4 members (excludes halogenated alkanes) is 1. The summed E-state index contributed by atoms with van der Waals surface area (Å²) in [4.78, 5) is 11.9. The van der Waals surface area contributed by atoms with Crippen LogP contribution in [0, 0.1) is 0 Å². The molecule has 0 aliphatic rings. The highest BCUT2D eigenvalue weighted by Gasteiger charge is 2.12. The molecule has 2 rings (SSSR count). The van der Waals surface area contributed by atoms with Gasteiger partial charge in [0.05, 0.1) is 19.2 Å². The number of benzene rings is 1. The van der Waals surface area contributed by atoms with Crippen LogP contribution in [0.15, 0.2) is 47.1 Å². The summed E-state index contributed by atoms with van der Waals surface area (Å²) in [7, 11) is 0. The summed E-state index contributed by atoms with van der Waals surface area (Å²) in [5.41, 5.74) is 2.28. The lowest BCUT2D eigenvalue weighted by Gasteiger charge is -2.10. The molecule has 0 fully saturated rings. The van der Waals surface area contributed by atoms with Crippen LogP contribution < -0.4 is 5.32 Å². The van der Waals surface area contributed by atoms with Crippen molar-refractivity contribution in [3.05, 3.63) is 59.5 Å². The molecule has 0 saturated heterocycles. The highest BCUT2D eigenvalue weighted by molar-refractivity contribution is 5.78. The third-order valence-corrected chi connectivity index (χ3v) is 3.57. The van der Waals surface area contributed by atoms with Crippen LogP contribution in [0.2, 0.25) is 0 Å². The molecule has 1 atom stereocenters. The molecule has 0 spiro atoms. The Balaban J connectivity index is 1.76. The fourth-order valence-electron chi connectivity index (χ4n) is 2.24. The van der Waals surface area contributed by atoms with E-state index in [1.54, 1.807) is 12.1 Å². The zero-order valence-corrected chi connectivity index (χ0v) is 12.9. The summed E-state index contributed by atoms with van der Waals surface area (Å²) in [6.45, 7) is 2.33. The van der Waals surface area contributed by atoms with Crippen molar-refractivity contribution in [3.8, 4) is 0 Å². The number of carbonyl (C=O) groups excluding carboxylic acids is 1. The smallest absolute Gasteiger partial charge is 0.224 e. The molecule has 1 amide bonds. The fraction of sp³-hybridized carbons (Fsp3) is 0.389. The highest BCUT2D eigenvalue weighted by atomic mass is 16.4. The summed E-state index contributed by atoms with van der Waals surface area (Å²) in [6, 6.07) is 11.5. The van der Waals surface area contributed by atoms with E-state index in [9.17, 15) is 9.90 Å². The largest absolute Gasteiger partial charge is 0.467 e. The number of hydrogen-bond acceptors (Lipinski definition) is 3. The van der Waals surface area contributed by atoms with Crippen molar-refractivity contribution in [2.24, 2.45) is 0 Å². The maximum absolute atomic E-state index is 11.9. The van der Waals surface area contributed by atoms with Gasteiger partial charge in [-0.2, -0.15) is 0 Å². The first kappa shape index (κ1) is 16.3. The number of aliphatic hydroxyl groups excluding tert-OH is 1. The molecular weight excluding hydrogens is 278 g/mol. The van der Waals surface area contributed by atoms with E-state index in [-0.39, 0.29) is 12.5 Å². The average Bonchev–Trinajstić information content (AvgIpc) is 3.06. The monoisotopic (exact) mass is 301 g/mol. The van der Waals surface area contributed by atoms with Gasteiger partial charge in [-0.15, -0.1) is 0 Å². The van der Waals surface area contributed by atoms with Crippen molar-refractivity contribution in [1.29, 1.82) is 0 Å². The van der Waals surface area contributed by atoms with Crippen LogP contribution in [0.1, 0.15) is 42.8 Å². The molecule has 2 N–H and O–H groups in total. The molecule has 1 aromatic heterocycles. The normalized spacial score (nSPS) is 12.1. The standard InChI is InChI=1S/C18H23NO3/c1-2-3-5-14-7-9-15(10-8-14)12-18(21)19-13-16(20)17-6-4-11-22-17/h4,6-11,16,20H,2-3,5,12-13H2,1H3,(H,19,21). The fourth-order valence-corrected chi connectivity index (χ4v) is 2.24. The van der Waals surface area contributed by atoms with Crippen LogP contribution in [-0.2, 0) is 17.6 Å². The molecule has 0 radical (unpaired) electrons. The first-order chi connectivity index (χ1) is 10.7. The van der Waals surface area contributed by atoms with E-state index in [0.29, 0.717) is 12.2 Å². The van der Waals surface area contributed by atoms with Gasteiger partial charge in [-0.3, -0.25) is 4.79 Å². The predicted octanol–water partition coefficient (Wildman–Crippen LogP) is 3.01. The molecule has 118 valence electrons. The van der Waals surface area contributed by atoms with Gasteiger partial charge in [-0.25, -0.2) is 0 Å². The zero-order valence-electron chi connectivity index (χ0n) is 12.9. The number of rotatable bonds is 8. The molecule has 4 nitrogen and oxygen atoms in total. The van der Waals surface area contributed by atoms with E-state index in [4.69, 9.17) is 4.42 Å². The lowest BCUT2D eigenvalue weighted by atomic mass is 10.0. The van der Waals surface area contributed by atoms with Crippen LogP contribution in [0.25, 0.3) is 0 Å². The van der Waals surface area contributed by atoms with Gasteiger partial charge in [0.15, 0.2) is 0 Å². The maximum atomic E-state index is 11.9. The van der Waals surface area contributed by atoms with Gasteiger partial charge >= 0.3 is 0 Å². The molecule has 1 aromatic carbocycles. The lowest BCUT2D eigenvalue weighted by molar-refractivity contribution is -0.120. The van der Waals surface area contributed by atoms with Crippen molar-refractivity contribution in [2.45, 2.75) is 38.7 Å². The molecule has 1 unspecified atom stereocenters. The van der Waals surface area contributed by atoms with Crippen LogP contribution in [0.5, 0.6) is 0 Å². The second-order valence-electron chi connectivity index (χ2n) is 5.43. The summed E-state index contributed by atoms with van der Waals surface area (Å²) in [6.07, 6.45) is 4.46. The first-order valence-corrected chi connectivity index (χ1v) is 7.75. The van der Waals surface area contributed by atoms with Crippen molar-refractivity contribution < 1.29 is 14.3 Å². The second-order valence-corrected chi connectivity index (χ2v) is 5.43. The molecule has 1 heterocycles. The van der Waals surface area contributed by atoms with Crippen molar-refractivity contribution >= 4 is 5.91 Å². The Hall–Kier alpha value is -2.07. The van der Waals surface area contributed by atoms with E-state index in [1.807, 2.05) is 12.1 Å². The summed E-state index contributed by atoms with van der Waals surface area (Å²) in [5, 5.41) is 12.6. The van der Waals surface area contributed by atoms with Gasteiger partial charge in [-0.1, -0.05) is 37.6 Å². The molecule has 0 aliphatic carbocycles. The second kappa shape index (κ2) is 8.39. The Kier molecular flexibility index (Phi) is 6.22. The lowest BCUT2D eigenvalue weighted by Crippen LogP contribution is -2.29. The number of amides is 1. The van der Waals surface area contributed by atoms with Crippen LogP contribution in [0.4, 0.5) is 0 Å². The van der Waals surface area contributed by atoms with E-state index in [1.165, 1.54) is 24.7 Å². The molecule has 0 bridgehead atoms. The molecule has 0 saturated carbocycles. The van der Waals surface area contributed by atoms with Crippen molar-refractivity contribution in [2.75, 3.05) is 6.54 Å². The molecule has 4 heteroatoms. The van der Waals surface area contributed by atoms with Gasteiger partial charge in [0.2, 0.25) is 5.91 Å². The average molecular weight is 301 g/mol. The quantitative estimate of drug-likeness (QED) is 0.788. The summed E-state index contributed by atoms with van der Waals surface area (Å²) < 4.78 is 5.09. The van der Waals surface area contributed by atoms with E-state index < -0.39 is 6.10 Å². The number of aliphatic hydroxyl groups is 1. The maximum Gasteiger partial charge on any atom is 0.224 e. The molecule has 2 aromatic rings. The topological polar surface area (TPSA) is 62.5 Å². The number of nitrogens with one attached hydrogen (secondary N) is 1. The Morgan fingerprint density at radius 2 is 1.95 bits per heavy atom. The number of hydrogen-bond donors (Lipinski definition) is 2. The minimum atomic E-state index is -0.810. The minimum Gasteiger partial charge on any atom is -0.467 e.